The summed E-state index contributed by atoms with van der Waals surface area (Å²) in [6, 6.07) is 0. The Kier molecular flexibility index (Phi) is 9.10. The fraction of sp³-hybridized carbons (Fsp3) is 1.00. The van der Waals surface area contributed by atoms with Crippen molar-refractivity contribution in [2.75, 3.05) is 0 Å². The van der Waals surface area contributed by atoms with Gasteiger partial charge in [0, 0.05) is 0 Å². The minimum atomic E-state index is -2.59. The molecule has 0 bridgehead atoms. The molecule has 1 heterocycles. The number of rotatable bonds is 13. The molecule has 24 heavy (non-hydrogen) atoms. The van der Waals surface area contributed by atoms with Crippen molar-refractivity contribution in [3.63, 3.8) is 0 Å². The zero-order valence-electron chi connectivity index (χ0n) is 17.8. The maximum absolute atomic E-state index is 7.28. The van der Waals surface area contributed by atoms with Crippen molar-refractivity contribution < 1.29 is 7.81 Å². The van der Waals surface area contributed by atoms with E-state index in [4.69, 9.17) is 7.81 Å². The molecule has 0 spiro atoms. The molecule has 2 nitrogen and oxygen atoms in total. The van der Waals surface area contributed by atoms with Crippen molar-refractivity contribution in [3.05, 3.63) is 0 Å². The van der Waals surface area contributed by atoms with Gasteiger partial charge in [-0.15, -0.1) is 0 Å². The summed E-state index contributed by atoms with van der Waals surface area (Å²) >= 11 is -2.59. The molecule has 3 heteroatoms. The molecule has 1 saturated heterocycles. The Balaban J connectivity index is 2.97. The topological polar surface area (TPSA) is 21.8 Å². The number of ether oxygens (including phenoxy) is 1. The average Bonchev–Trinajstić information content (AvgIpc) is 3.26. The van der Waals surface area contributed by atoms with Crippen LogP contribution in [0.25, 0.3) is 0 Å². The number of hydrogen-bond acceptors (Lipinski definition) is 2. The first-order valence-electron chi connectivity index (χ1n) is 10.5. The summed E-state index contributed by atoms with van der Waals surface area (Å²) in [5, 5.41) is 0. The summed E-state index contributed by atoms with van der Waals surface area (Å²) < 4.78 is 17.4. The molecule has 1 aliphatic rings. The first-order chi connectivity index (χ1) is 11.2. The van der Waals surface area contributed by atoms with Crippen molar-refractivity contribution in [2.45, 2.75) is 125 Å². The van der Waals surface area contributed by atoms with Crippen LogP contribution in [0.4, 0.5) is 0 Å². The van der Waals surface area contributed by atoms with Crippen LogP contribution >= 0.6 is 0 Å². The van der Waals surface area contributed by atoms with E-state index in [0.717, 1.165) is 0 Å². The summed E-state index contributed by atoms with van der Waals surface area (Å²) in [4.78, 5) is 0. The fourth-order valence-corrected chi connectivity index (χ4v) is 19.4. The Morgan fingerprint density at radius 3 is 1.50 bits per heavy atom. The molecule has 2 atom stereocenters. The van der Waals surface area contributed by atoms with Crippen molar-refractivity contribution in [3.8, 4) is 0 Å². The zero-order valence-corrected chi connectivity index (χ0v) is 20.7. The molecule has 1 fully saturated rings. The second-order valence-corrected chi connectivity index (χ2v) is 20.7. The summed E-state index contributed by atoms with van der Waals surface area (Å²) in [7, 11) is 0. The molecule has 0 amide bonds. The van der Waals surface area contributed by atoms with E-state index in [1.165, 1.54) is 51.8 Å². The Morgan fingerprint density at radius 2 is 1.21 bits per heavy atom. The average molecular weight is 447 g/mol. The van der Waals surface area contributed by atoms with E-state index in [2.05, 4.69) is 55.4 Å². The van der Waals surface area contributed by atoms with E-state index in [1.807, 2.05) is 0 Å². The van der Waals surface area contributed by atoms with Gasteiger partial charge in [-0.25, -0.2) is 0 Å². The summed E-state index contributed by atoms with van der Waals surface area (Å²) in [5.74, 6) is 0. The maximum atomic E-state index is 7.28. The van der Waals surface area contributed by atoms with Crippen LogP contribution in [0.5, 0.6) is 0 Å². The van der Waals surface area contributed by atoms with E-state index in [-0.39, 0.29) is 11.0 Å². The molecule has 1 rings (SSSR count). The first-order valence-corrected chi connectivity index (χ1v) is 17.7. The third kappa shape index (κ3) is 5.87. The quantitative estimate of drug-likeness (QED) is 0.225. The molecule has 0 N–H and O–H groups in total. The van der Waals surface area contributed by atoms with Gasteiger partial charge in [0.15, 0.2) is 0 Å². The third-order valence-electron chi connectivity index (χ3n) is 6.40. The van der Waals surface area contributed by atoms with Crippen LogP contribution in [0.3, 0.4) is 0 Å². The predicted octanol–water partition coefficient (Wildman–Crippen LogP) is 6.94. The van der Waals surface area contributed by atoms with E-state index in [0.29, 0.717) is 12.2 Å². The molecule has 0 aromatic carbocycles. The van der Waals surface area contributed by atoms with Gasteiger partial charge in [0.25, 0.3) is 0 Å². The van der Waals surface area contributed by atoms with Crippen molar-refractivity contribution >= 4 is 18.8 Å². The van der Waals surface area contributed by atoms with Gasteiger partial charge in [0.2, 0.25) is 0 Å². The predicted molar refractivity (Wildman–Crippen MR) is 108 cm³/mol. The van der Waals surface area contributed by atoms with Crippen LogP contribution in [0.15, 0.2) is 0 Å². The van der Waals surface area contributed by atoms with E-state index in [1.54, 1.807) is 0 Å². The Bertz CT molecular complexity index is 343. The van der Waals surface area contributed by atoms with E-state index in [9.17, 15) is 0 Å². The molecule has 2 unspecified atom stereocenters. The normalized spacial score (nSPS) is 22.0. The Hall–Kier alpha value is 0.719. The van der Waals surface area contributed by atoms with Crippen LogP contribution in [0.1, 0.15) is 93.9 Å². The van der Waals surface area contributed by atoms with Gasteiger partial charge in [-0.3, -0.25) is 0 Å². The molecule has 0 saturated carbocycles. The minimum absolute atomic E-state index is 0.0826. The van der Waals surface area contributed by atoms with Crippen LogP contribution in [0.2, 0.25) is 13.3 Å². The van der Waals surface area contributed by atoms with Gasteiger partial charge >= 0.3 is 157 Å². The molecule has 0 aromatic heterocycles. The fourth-order valence-electron chi connectivity index (χ4n) is 3.98. The second kappa shape index (κ2) is 9.60. The number of hydrogen-bond donors (Lipinski definition) is 0. The van der Waals surface area contributed by atoms with Crippen LogP contribution in [0, 0.1) is 5.41 Å². The second-order valence-electron chi connectivity index (χ2n) is 9.09. The van der Waals surface area contributed by atoms with Gasteiger partial charge in [-0.05, 0) is 0 Å². The summed E-state index contributed by atoms with van der Waals surface area (Å²) in [5.41, 5.74) is -0.00698. The molecule has 0 aromatic rings. The Morgan fingerprint density at radius 1 is 0.833 bits per heavy atom. The third-order valence-corrected chi connectivity index (χ3v) is 19.9. The van der Waals surface area contributed by atoms with Crippen molar-refractivity contribution in [1.29, 1.82) is 0 Å². The summed E-state index contributed by atoms with van der Waals surface area (Å²) in [6.45, 7) is 18.6. The monoisotopic (exact) mass is 448 g/mol. The van der Waals surface area contributed by atoms with Crippen LogP contribution in [-0.2, 0) is 7.81 Å². The van der Waals surface area contributed by atoms with Gasteiger partial charge < -0.3 is 0 Å². The first kappa shape index (κ1) is 22.8. The molecule has 1 aliphatic heterocycles. The SMILES string of the molecule is CCC[CH2][Sn]([CH2]CCC)([CH2]CCC)[O]C(C)(C)C(C)(C)C1OC1C. The van der Waals surface area contributed by atoms with E-state index >= 15 is 0 Å². The van der Waals surface area contributed by atoms with Gasteiger partial charge in [0.1, 0.15) is 0 Å². The molecule has 0 aliphatic carbocycles. The van der Waals surface area contributed by atoms with Crippen molar-refractivity contribution in [2.24, 2.45) is 5.41 Å². The summed E-state index contributed by atoms with van der Waals surface area (Å²) in [6.07, 6.45) is 8.73. The van der Waals surface area contributed by atoms with Gasteiger partial charge in [0.05, 0.1) is 0 Å². The molecular weight excluding hydrogens is 403 g/mol. The van der Waals surface area contributed by atoms with Gasteiger partial charge in [-0.2, -0.15) is 0 Å². The van der Waals surface area contributed by atoms with Gasteiger partial charge in [-0.1, -0.05) is 0 Å². The standard InChI is InChI=1S/C9H17O2.3C4H9.Sn/c1-6-7(11-6)8(2,3)9(4,5)10;3*1-3-4-2;/h6-7H,1-5H3;3*1,3-4H2,2H3;/q-1;;;;+1. The van der Waals surface area contributed by atoms with E-state index < -0.39 is 18.8 Å². The zero-order chi connectivity index (χ0) is 18.4. The molecule has 144 valence electrons. The Labute approximate surface area is 156 Å². The van der Waals surface area contributed by atoms with Crippen molar-refractivity contribution in [1.82, 2.24) is 0 Å². The van der Waals surface area contributed by atoms with Crippen LogP contribution in [-0.4, -0.2) is 36.6 Å². The van der Waals surface area contributed by atoms with Crippen LogP contribution < -0.4 is 0 Å². The number of unbranched alkanes of at least 4 members (excludes halogenated alkanes) is 3. The number of epoxide rings is 1. The molecule has 0 radical (unpaired) electrons. The molecular formula is C21H44O2Sn.